The normalized spacial score (nSPS) is 11.9. The third-order valence-corrected chi connectivity index (χ3v) is 2.60. The van der Waals surface area contributed by atoms with Crippen LogP contribution in [0.3, 0.4) is 0 Å². The first-order valence-electron chi connectivity index (χ1n) is 5.16. The summed E-state index contributed by atoms with van der Waals surface area (Å²) in [6.45, 7) is 0. The molecule has 2 nitrogen and oxygen atoms in total. The second-order valence-electron chi connectivity index (χ2n) is 3.76. The van der Waals surface area contributed by atoms with Gasteiger partial charge in [0.15, 0.2) is 0 Å². The van der Waals surface area contributed by atoms with Crippen molar-refractivity contribution in [3.63, 3.8) is 0 Å². The highest BCUT2D eigenvalue weighted by atomic mass is 16.1. The van der Waals surface area contributed by atoms with Crippen molar-refractivity contribution in [1.29, 1.82) is 5.26 Å². The number of fused-ring (bicyclic) bond motifs is 1. The van der Waals surface area contributed by atoms with Crippen molar-refractivity contribution in [3.8, 4) is 6.07 Å². The molecule has 0 aliphatic carbocycles. The number of nitrogens with zero attached hydrogens (tertiary/aromatic N) is 1. The number of carbonyl (C=O) groups excluding carboxylic acids is 1. The summed E-state index contributed by atoms with van der Waals surface area (Å²) in [4.78, 5) is 10.6. The van der Waals surface area contributed by atoms with E-state index in [1.54, 1.807) is 0 Å². The average molecular weight is 209 g/mol. The minimum Gasteiger partial charge on any atom is -0.302 e. The van der Waals surface area contributed by atoms with Crippen LogP contribution in [0.2, 0.25) is 0 Å². The molecule has 2 aromatic rings. The number of carbonyl (C=O) groups is 1. The van der Waals surface area contributed by atoms with Crippen molar-refractivity contribution in [1.82, 2.24) is 0 Å². The Bertz CT molecular complexity index is 554. The number of nitriles is 1. The van der Waals surface area contributed by atoms with Crippen LogP contribution >= 0.6 is 0 Å². The summed E-state index contributed by atoms with van der Waals surface area (Å²) in [6.07, 6.45) is 1.19. The zero-order valence-electron chi connectivity index (χ0n) is 8.76. The Morgan fingerprint density at radius 3 is 2.62 bits per heavy atom. The van der Waals surface area contributed by atoms with Gasteiger partial charge in [0.05, 0.1) is 6.07 Å². The standard InChI is InChI=1S/C14H11NO/c15-9-12(10-16)7-11-5-6-13-3-1-2-4-14(13)8-11/h1-6,8,10,12H,7H2. The van der Waals surface area contributed by atoms with E-state index in [2.05, 4.69) is 0 Å². The topological polar surface area (TPSA) is 40.9 Å². The first-order chi connectivity index (χ1) is 7.83. The van der Waals surface area contributed by atoms with Gasteiger partial charge in [-0.2, -0.15) is 5.26 Å². The summed E-state index contributed by atoms with van der Waals surface area (Å²) in [5.74, 6) is -0.541. The zero-order chi connectivity index (χ0) is 11.4. The van der Waals surface area contributed by atoms with Gasteiger partial charge in [0.25, 0.3) is 0 Å². The number of benzene rings is 2. The minimum atomic E-state index is -0.541. The van der Waals surface area contributed by atoms with E-state index in [1.165, 1.54) is 5.39 Å². The Morgan fingerprint density at radius 1 is 1.19 bits per heavy atom. The first-order valence-corrected chi connectivity index (χ1v) is 5.16. The highest BCUT2D eigenvalue weighted by molar-refractivity contribution is 5.83. The van der Waals surface area contributed by atoms with Gasteiger partial charge in [-0.1, -0.05) is 42.5 Å². The molecular formula is C14H11NO. The predicted molar refractivity (Wildman–Crippen MR) is 62.8 cm³/mol. The molecule has 16 heavy (non-hydrogen) atoms. The van der Waals surface area contributed by atoms with Crippen LogP contribution in [0.25, 0.3) is 10.8 Å². The van der Waals surface area contributed by atoms with Crippen LogP contribution in [-0.4, -0.2) is 6.29 Å². The van der Waals surface area contributed by atoms with Crippen LogP contribution < -0.4 is 0 Å². The number of rotatable bonds is 3. The molecule has 0 fully saturated rings. The Hall–Kier alpha value is -2.14. The summed E-state index contributed by atoms with van der Waals surface area (Å²) in [5, 5.41) is 11.0. The van der Waals surface area contributed by atoms with E-state index in [4.69, 9.17) is 5.26 Å². The largest absolute Gasteiger partial charge is 0.302 e. The van der Waals surface area contributed by atoms with E-state index >= 15 is 0 Å². The highest BCUT2D eigenvalue weighted by Gasteiger charge is 2.06. The fourth-order valence-electron chi connectivity index (χ4n) is 1.74. The van der Waals surface area contributed by atoms with Crippen molar-refractivity contribution < 1.29 is 4.79 Å². The maximum Gasteiger partial charge on any atom is 0.137 e. The van der Waals surface area contributed by atoms with Crippen LogP contribution in [0, 0.1) is 17.2 Å². The van der Waals surface area contributed by atoms with Crippen LogP contribution in [0.15, 0.2) is 42.5 Å². The molecule has 0 saturated carbocycles. The lowest BCUT2D eigenvalue weighted by molar-refractivity contribution is -0.109. The third-order valence-electron chi connectivity index (χ3n) is 2.60. The molecule has 0 aliphatic rings. The van der Waals surface area contributed by atoms with Crippen molar-refractivity contribution in [2.24, 2.45) is 5.92 Å². The molecule has 0 spiro atoms. The summed E-state index contributed by atoms with van der Waals surface area (Å²) < 4.78 is 0. The second-order valence-corrected chi connectivity index (χ2v) is 3.76. The van der Waals surface area contributed by atoms with Gasteiger partial charge in [0.2, 0.25) is 0 Å². The lowest BCUT2D eigenvalue weighted by Crippen LogP contribution is -2.02. The van der Waals surface area contributed by atoms with Crippen molar-refractivity contribution >= 4 is 17.1 Å². The molecule has 0 radical (unpaired) electrons. The molecule has 0 aromatic heterocycles. The molecule has 0 amide bonds. The SMILES string of the molecule is N#CC(C=O)Cc1ccc2ccccc2c1. The van der Waals surface area contributed by atoms with Crippen molar-refractivity contribution in [3.05, 3.63) is 48.0 Å². The molecule has 2 rings (SSSR count). The molecule has 1 unspecified atom stereocenters. The van der Waals surface area contributed by atoms with E-state index < -0.39 is 5.92 Å². The molecule has 78 valence electrons. The monoisotopic (exact) mass is 209 g/mol. The maximum absolute atomic E-state index is 10.6. The lowest BCUT2D eigenvalue weighted by Gasteiger charge is -2.04. The van der Waals surface area contributed by atoms with E-state index in [9.17, 15) is 4.79 Å². The Kier molecular flexibility index (Phi) is 2.98. The van der Waals surface area contributed by atoms with E-state index in [-0.39, 0.29) is 0 Å². The molecule has 0 heterocycles. The predicted octanol–water partition coefficient (Wildman–Crippen LogP) is 2.72. The van der Waals surface area contributed by atoms with Gasteiger partial charge < -0.3 is 4.79 Å². The number of aldehydes is 1. The zero-order valence-corrected chi connectivity index (χ0v) is 8.76. The molecular weight excluding hydrogens is 198 g/mol. The molecule has 0 saturated heterocycles. The van der Waals surface area contributed by atoms with Gasteiger partial charge in [-0.15, -0.1) is 0 Å². The van der Waals surface area contributed by atoms with Crippen LogP contribution in [0.5, 0.6) is 0 Å². The number of hydrogen-bond acceptors (Lipinski definition) is 2. The second kappa shape index (κ2) is 4.59. The fourth-order valence-corrected chi connectivity index (χ4v) is 1.74. The van der Waals surface area contributed by atoms with Crippen LogP contribution in [-0.2, 0) is 11.2 Å². The van der Waals surface area contributed by atoms with E-state index in [1.807, 2.05) is 48.5 Å². The Morgan fingerprint density at radius 2 is 1.94 bits per heavy atom. The number of hydrogen-bond donors (Lipinski definition) is 0. The summed E-state index contributed by atoms with van der Waals surface area (Å²) in [6, 6.07) is 16.0. The van der Waals surface area contributed by atoms with Gasteiger partial charge in [0.1, 0.15) is 12.2 Å². The highest BCUT2D eigenvalue weighted by Crippen LogP contribution is 2.17. The Labute approximate surface area is 94.1 Å². The molecule has 1 atom stereocenters. The van der Waals surface area contributed by atoms with E-state index in [0.29, 0.717) is 12.7 Å². The molecule has 0 N–H and O–H groups in total. The Balaban J connectivity index is 2.33. The minimum absolute atomic E-state index is 0.491. The summed E-state index contributed by atoms with van der Waals surface area (Å²) >= 11 is 0. The quantitative estimate of drug-likeness (QED) is 0.729. The average Bonchev–Trinajstić information content (AvgIpc) is 2.35. The van der Waals surface area contributed by atoms with Crippen LogP contribution in [0.1, 0.15) is 5.56 Å². The fraction of sp³-hybridized carbons (Fsp3) is 0.143. The summed E-state index contributed by atoms with van der Waals surface area (Å²) in [7, 11) is 0. The third kappa shape index (κ3) is 2.09. The molecule has 2 heteroatoms. The van der Waals surface area contributed by atoms with E-state index in [0.717, 1.165) is 10.9 Å². The molecule has 2 aromatic carbocycles. The van der Waals surface area contributed by atoms with Gasteiger partial charge >= 0.3 is 0 Å². The maximum atomic E-state index is 10.6. The van der Waals surface area contributed by atoms with Gasteiger partial charge in [-0.05, 0) is 22.8 Å². The molecule has 0 aliphatic heterocycles. The van der Waals surface area contributed by atoms with Gasteiger partial charge in [0, 0.05) is 0 Å². The van der Waals surface area contributed by atoms with Crippen LogP contribution in [0.4, 0.5) is 0 Å². The van der Waals surface area contributed by atoms with Gasteiger partial charge in [-0.25, -0.2) is 0 Å². The smallest absolute Gasteiger partial charge is 0.137 e. The lowest BCUT2D eigenvalue weighted by atomic mass is 9.99. The van der Waals surface area contributed by atoms with Gasteiger partial charge in [-0.3, -0.25) is 0 Å². The molecule has 0 bridgehead atoms. The first kappa shape index (κ1) is 10.4. The van der Waals surface area contributed by atoms with Crippen molar-refractivity contribution in [2.75, 3.05) is 0 Å². The van der Waals surface area contributed by atoms with Crippen molar-refractivity contribution in [2.45, 2.75) is 6.42 Å². The summed E-state index contributed by atoms with van der Waals surface area (Å²) in [5.41, 5.74) is 1.03.